The molecule has 2 N–H and O–H groups in total. The number of carbonyl (C=O) groups is 2. The van der Waals surface area contributed by atoms with Gasteiger partial charge in [0.2, 0.25) is 5.91 Å². The van der Waals surface area contributed by atoms with Gasteiger partial charge in [0.1, 0.15) is 6.04 Å². The molecule has 0 saturated carbocycles. The summed E-state index contributed by atoms with van der Waals surface area (Å²) in [6, 6.07) is 9.39. The number of rotatable bonds is 6. The predicted octanol–water partition coefficient (Wildman–Crippen LogP) is 3.52. The Morgan fingerprint density at radius 3 is 2.50 bits per heavy atom. The van der Waals surface area contributed by atoms with Crippen LogP contribution in [0.2, 0.25) is 5.02 Å². The number of anilines is 1. The van der Waals surface area contributed by atoms with Crippen molar-refractivity contribution in [1.29, 1.82) is 0 Å². The van der Waals surface area contributed by atoms with Crippen LogP contribution in [0.3, 0.4) is 0 Å². The number of nitrogens with one attached hydrogen (secondary N) is 2. The number of carbonyl (C=O) groups excluding carboxylic acids is 2. The summed E-state index contributed by atoms with van der Waals surface area (Å²) in [5.74, 6) is -0.587. The summed E-state index contributed by atoms with van der Waals surface area (Å²) in [6.45, 7) is 3.90. The van der Waals surface area contributed by atoms with Gasteiger partial charge in [-0.2, -0.15) is 0 Å². The summed E-state index contributed by atoms with van der Waals surface area (Å²) in [7, 11) is 0. The van der Waals surface area contributed by atoms with E-state index in [1.54, 1.807) is 48.8 Å². The van der Waals surface area contributed by atoms with Gasteiger partial charge in [-0.15, -0.1) is 0 Å². The number of amides is 2. The molecule has 0 unspecified atom stereocenters. The van der Waals surface area contributed by atoms with E-state index >= 15 is 0 Å². The smallest absolute Gasteiger partial charge is 0.251 e. The summed E-state index contributed by atoms with van der Waals surface area (Å²) >= 11 is 5.83. The van der Waals surface area contributed by atoms with Gasteiger partial charge in [-0.1, -0.05) is 31.9 Å². The summed E-state index contributed by atoms with van der Waals surface area (Å²) < 4.78 is 0. The number of nitrogens with zero attached hydrogens (tertiary/aromatic N) is 1. The zero-order valence-electron chi connectivity index (χ0n) is 13.6. The van der Waals surface area contributed by atoms with Crippen molar-refractivity contribution in [3.8, 4) is 0 Å². The van der Waals surface area contributed by atoms with E-state index in [-0.39, 0.29) is 17.7 Å². The van der Waals surface area contributed by atoms with Crippen LogP contribution in [0.1, 0.15) is 30.6 Å². The molecule has 24 heavy (non-hydrogen) atoms. The average Bonchev–Trinajstić information content (AvgIpc) is 2.60. The van der Waals surface area contributed by atoms with Gasteiger partial charge < -0.3 is 10.6 Å². The van der Waals surface area contributed by atoms with Crippen molar-refractivity contribution >= 4 is 29.1 Å². The van der Waals surface area contributed by atoms with E-state index in [0.717, 1.165) is 6.42 Å². The monoisotopic (exact) mass is 345 g/mol. The number of halogens is 1. The molecule has 0 fully saturated rings. The number of benzene rings is 1. The molecule has 0 radical (unpaired) electrons. The first-order valence-corrected chi connectivity index (χ1v) is 8.16. The fourth-order valence-electron chi connectivity index (χ4n) is 2.18. The first-order valence-electron chi connectivity index (χ1n) is 7.78. The topological polar surface area (TPSA) is 71.1 Å². The van der Waals surface area contributed by atoms with Gasteiger partial charge >= 0.3 is 0 Å². The lowest BCUT2D eigenvalue weighted by Crippen LogP contribution is -2.47. The highest BCUT2D eigenvalue weighted by atomic mass is 35.5. The summed E-state index contributed by atoms with van der Waals surface area (Å²) in [6.07, 6.45) is 3.95. The molecule has 5 nitrogen and oxygen atoms in total. The van der Waals surface area contributed by atoms with Crippen molar-refractivity contribution in [3.05, 3.63) is 59.4 Å². The molecule has 1 aromatic heterocycles. The second-order valence-corrected chi connectivity index (χ2v) is 6.01. The lowest BCUT2D eigenvalue weighted by Gasteiger charge is -2.23. The second-order valence-electron chi connectivity index (χ2n) is 5.57. The van der Waals surface area contributed by atoms with Crippen molar-refractivity contribution in [3.63, 3.8) is 0 Å². The van der Waals surface area contributed by atoms with Gasteiger partial charge in [-0.3, -0.25) is 14.6 Å². The highest BCUT2D eigenvalue weighted by molar-refractivity contribution is 6.30. The largest absolute Gasteiger partial charge is 0.340 e. The first kappa shape index (κ1) is 17.9. The van der Waals surface area contributed by atoms with Crippen LogP contribution in [0.5, 0.6) is 0 Å². The Morgan fingerprint density at radius 2 is 1.92 bits per heavy atom. The molecule has 2 atom stereocenters. The van der Waals surface area contributed by atoms with Crippen molar-refractivity contribution in [2.75, 3.05) is 5.32 Å². The SMILES string of the molecule is CC[C@@H](C)[C@@H](NC(=O)c1ccc(Cl)cc1)C(=O)Nc1cccnc1. The molecule has 0 aliphatic rings. The molecule has 2 amide bonds. The van der Waals surface area contributed by atoms with Gasteiger partial charge in [0.15, 0.2) is 0 Å². The Balaban J connectivity index is 2.11. The molecule has 0 saturated heterocycles. The van der Waals surface area contributed by atoms with Gasteiger partial charge in [0.05, 0.1) is 11.9 Å². The maximum atomic E-state index is 12.6. The van der Waals surface area contributed by atoms with Crippen LogP contribution < -0.4 is 10.6 Å². The fourth-order valence-corrected chi connectivity index (χ4v) is 2.31. The van der Waals surface area contributed by atoms with Crippen molar-refractivity contribution in [2.24, 2.45) is 5.92 Å². The van der Waals surface area contributed by atoms with E-state index in [0.29, 0.717) is 16.3 Å². The molecule has 126 valence electrons. The Hall–Kier alpha value is -2.40. The Morgan fingerprint density at radius 1 is 1.21 bits per heavy atom. The van der Waals surface area contributed by atoms with Crippen LogP contribution in [0.25, 0.3) is 0 Å². The standard InChI is InChI=1S/C18H20ClN3O2/c1-3-12(2)16(18(24)21-15-5-4-10-20-11-15)22-17(23)13-6-8-14(19)9-7-13/h4-12,16H,3H2,1-2H3,(H,21,24)(H,22,23)/t12-,16-/m1/s1. The summed E-state index contributed by atoms with van der Waals surface area (Å²) in [5, 5.41) is 6.15. The number of hydrogen-bond donors (Lipinski definition) is 2. The lowest BCUT2D eigenvalue weighted by atomic mass is 9.97. The van der Waals surface area contributed by atoms with Crippen LogP contribution in [0.15, 0.2) is 48.8 Å². The molecule has 0 bridgehead atoms. The Labute approximate surface area is 146 Å². The molecular formula is C18H20ClN3O2. The Bertz CT molecular complexity index is 689. The summed E-state index contributed by atoms with van der Waals surface area (Å²) in [4.78, 5) is 28.9. The maximum absolute atomic E-state index is 12.6. The first-order chi connectivity index (χ1) is 11.5. The van der Waals surface area contributed by atoms with Crippen molar-refractivity contribution < 1.29 is 9.59 Å². The number of aromatic nitrogens is 1. The molecule has 6 heteroatoms. The van der Waals surface area contributed by atoms with Crippen molar-refractivity contribution in [2.45, 2.75) is 26.3 Å². The summed E-state index contributed by atoms with van der Waals surface area (Å²) in [5.41, 5.74) is 1.05. The van der Waals surface area contributed by atoms with E-state index < -0.39 is 6.04 Å². The minimum absolute atomic E-state index is 0.0158. The van der Waals surface area contributed by atoms with Crippen LogP contribution in [0.4, 0.5) is 5.69 Å². The number of pyridine rings is 1. The quantitative estimate of drug-likeness (QED) is 0.841. The van der Waals surface area contributed by atoms with Crippen LogP contribution in [0, 0.1) is 5.92 Å². The molecule has 0 spiro atoms. The van der Waals surface area contributed by atoms with E-state index in [4.69, 9.17) is 11.6 Å². The van der Waals surface area contributed by atoms with E-state index in [2.05, 4.69) is 15.6 Å². The highest BCUT2D eigenvalue weighted by Gasteiger charge is 2.26. The molecular weight excluding hydrogens is 326 g/mol. The van der Waals surface area contributed by atoms with Crippen LogP contribution in [-0.4, -0.2) is 22.8 Å². The van der Waals surface area contributed by atoms with Gasteiger partial charge in [0.25, 0.3) is 5.91 Å². The van der Waals surface area contributed by atoms with Crippen molar-refractivity contribution in [1.82, 2.24) is 10.3 Å². The molecule has 0 aliphatic heterocycles. The van der Waals surface area contributed by atoms with E-state index in [9.17, 15) is 9.59 Å². The van der Waals surface area contributed by atoms with Gasteiger partial charge in [-0.25, -0.2) is 0 Å². The maximum Gasteiger partial charge on any atom is 0.251 e. The zero-order valence-corrected chi connectivity index (χ0v) is 14.4. The Kier molecular flexibility index (Phi) is 6.32. The third-order valence-corrected chi connectivity index (χ3v) is 4.07. The molecule has 1 aromatic carbocycles. The van der Waals surface area contributed by atoms with Gasteiger partial charge in [-0.05, 0) is 42.3 Å². The molecule has 2 aromatic rings. The third-order valence-electron chi connectivity index (χ3n) is 3.82. The molecule has 0 aliphatic carbocycles. The van der Waals surface area contributed by atoms with E-state index in [1.807, 2.05) is 13.8 Å². The molecule has 2 rings (SSSR count). The zero-order chi connectivity index (χ0) is 17.5. The minimum Gasteiger partial charge on any atom is -0.340 e. The van der Waals surface area contributed by atoms with E-state index in [1.165, 1.54) is 0 Å². The predicted molar refractivity (Wildman–Crippen MR) is 95.0 cm³/mol. The third kappa shape index (κ3) is 4.80. The van der Waals surface area contributed by atoms with Crippen LogP contribution in [-0.2, 0) is 4.79 Å². The normalized spacial score (nSPS) is 13.0. The second kappa shape index (κ2) is 8.45. The van der Waals surface area contributed by atoms with Gasteiger partial charge in [0, 0.05) is 16.8 Å². The number of hydrogen-bond acceptors (Lipinski definition) is 3. The fraction of sp³-hybridized carbons (Fsp3) is 0.278. The minimum atomic E-state index is -0.640. The highest BCUT2D eigenvalue weighted by Crippen LogP contribution is 2.14. The van der Waals surface area contributed by atoms with Crippen LogP contribution >= 0.6 is 11.6 Å². The molecule has 1 heterocycles. The lowest BCUT2D eigenvalue weighted by molar-refractivity contribution is -0.119. The average molecular weight is 346 g/mol.